The highest BCUT2D eigenvalue weighted by Gasteiger charge is 2.30. The zero-order chi connectivity index (χ0) is 14.0. The van der Waals surface area contributed by atoms with Crippen molar-refractivity contribution in [2.24, 2.45) is 5.92 Å². The van der Waals surface area contributed by atoms with Gasteiger partial charge in [0, 0.05) is 10.9 Å². The number of nitrogens with one attached hydrogen (secondary N) is 1. The first-order valence-corrected chi connectivity index (χ1v) is 7.82. The highest BCUT2D eigenvalue weighted by Crippen LogP contribution is 2.39. The normalized spacial score (nSPS) is 19.5. The molecule has 5 heteroatoms. The Balaban J connectivity index is 2.07. The number of rotatable bonds is 5. The maximum absolute atomic E-state index is 11.8. The Morgan fingerprint density at radius 1 is 1.63 bits per heavy atom. The standard InChI is InChI=1S/C14H20ClNO2S/c1-8(2)6-11(14(17)18-3)16-10-4-5-12-9(10)7-13(15)19-12/h7-8,10-11,16H,4-6H2,1-3H3. The first kappa shape index (κ1) is 14.8. The van der Waals surface area contributed by atoms with E-state index < -0.39 is 0 Å². The van der Waals surface area contributed by atoms with E-state index in [-0.39, 0.29) is 18.1 Å². The second kappa shape index (κ2) is 6.25. The van der Waals surface area contributed by atoms with Gasteiger partial charge in [0.25, 0.3) is 0 Å². The fourth-order valence-corrected chi connectivity index (χ4v) is 3.95. The van der Waals surface area contributed by atoms with Crippen molar-refractivity contribution in [1.82, 2.24) is 5.32 Å². The molecule has 0 amide bonds. The highest BCUT2D eigenvalue weighted by molar-refractivity contribution is 7.16. The zero-order valence-electron chi connectivity index (χ0n) is 11.5. The first-order valence-electron chi connectivity index (χ1n) is 6.63. The summed E-state index contributed by atoms with van der Waals surface area (Å²) >= 11 is 7.70. The Bertz CT molecular complexity index is 458. The third-order valence-corrected chi connectivity index (χ3v) is 4.78. The summed E-state index contributed by atoms with van der Waals surface area (Å²) in [7, 11) is 1.44. The summed E-state index contributed by atoms with van der Waals surface area (Å²) in [5.41, 5.74) is 1.26. The second-order valence-corrected chi connectivity index (χ2v) is 7.16. The maximum Gasteiger partial charge on any atom is 0.322 e. The molecule has 3 nitrogen and oxygen atoms in total. The smallest absolute Gasteiger partial charge is 0.322 e. The Kier molecular flexibility index (Phi) is 4.87. The largest absolute Gasteiger partial charge is 0.468 e. The number of methoxy groups -OCH3 is 1. The number of carbonyl (C=O) groups is 1. The van der Waals surface area contributed by atoms with Gasteiger partial charge in [-0.15, -0.1) is 11.3 Å². The monoisotopic (exact) mass is 301 g/mol. The molecule has 0 radical (unpaired) electrons. The fraction of sp³-hybridized carbons (Fsp3) is 0.643. The molecular formula is C14H20ClNO2S. The molecule has 0 saturated carbocycles. The Hall–Kier alpha value is -0.580. The van der Waals surface area contributed by atoms with Crippen molar-refractivity contribution in [2.75, 3.05) is 7.11 Å². The number of ether oxygens (including phenoxy) is 1. The average molecular weight is 302 g/mol. The van der Waals surface area contributed by atoms with Gasteiger partial charge in [0.2, 0.25) is 0 Å². The Morgan fingerprint density at radius 2 is 2.37 bits per heavy atom. The maximum atomic E-state index is 11.8. The number of thiophene rings is 1. The first-order chi connectivity index (χ1) is 9.01. The lowest BCUT2D eigenvalue weighted by Crippen LogP contribution is -2.40. The molecule has 1 aromatic heterocycles. The van der Waals surface area contributed by atoms with E-state index >= 15 is 0 Å². The van der Waals surface area contributed by atoms with E-state index in [1.54, 1.807) is 11.3 Å². The van der Waals surface area contributed by atoms with Crippen LogP contribution in [-0.4, -0.2) is 19.1 Å². The van der Waals surface area contributed by atoms with Crippen LogP contribution in [0.1, 0.15) is 43.2 Å². The van der Waals surface area contributed by atoms with E-state index in [0.29, 0.717) is 5.92 Å². The lowest BCUT2D eigenvalue weighted by atomic mass is 10.0. The van der Waals surface area contributed by atoms with E-state index in [4.69, 9.17) is 16.3 Å². The molecule has 0 fully saturated rings. The van der Waals surface area contributed by atoms with Gasteiger partial charge in [-0.25, -0.2) is 0 Å². The molecule has 1 aliphatic rings. The molecule has 2 atom stereocenters. The van der Waals surface area contributed by atoms with Gasteiger partial charge < -0.3 is 4.74 Å². The number of carbonyl (C=O) groups excluding carboxylic acids is 1. The van der Waals surface area contributed by atoms with Gasteiger partial charge in [-0.1, -0.05) is 25.4 Å². The van der Waals surface area contributed by atoms with Crippen molar-refractivity contribution in [3.8, 4) is 0 Å². The second-order valence-electron chi connectivity index (χ2n) is 5.39. The lowest BCUT2D eigenvalue weighted by Gasteiger charge is -2.22. The van der Waals surface area contributed by atoms with Crippen LogP contribution in [0.3, 0.4) is 0 Å². The van der Waals surface area contributed by atoms with Crippen LogP contribution in [0, 0.1) is 5.92 Å². The topological polar surface area (TPSA) is 38.3 Å². The summed E-state index contributed by atoms with van der Waals surface area (Å²) in [4.78, 5) is 13.2. The Morgan fingerprint density at radius 3 is 3.00 bits per heavy atom. The minimum absolute atomic E-state index is 0.177. The number of hydrogen-bond donors (Lipinski definition) is 1. The van der Waals surface area contributed by atoms with Crippen molar-refractivity contribution in [1.29, 1.82) is 0 Å². The summed E-state index contributed by atoms with van der Waals surface area (Å²) < 4.78 is 5.72. The van der Waals surface area contributed by atoms with Gasteiger partial charge in [0.1, 0.15) is 6.04 Å². The lowest BCUT2D eigenvalue weighted by molar-refractivity contribution is -0.143. The highest BCUT2D eigenvalue weighted by atomic mass is 35.5. The molecule has 0 aromatic carbocycles. The van der Waals surface area contributed by atoms with Crippen LogP contribution in [0.15, 0.2) is 6.07 Å². The quantitative estimate of drug-likeness (QED) is 0.845. The van der Waals surface area contributed by atoms with Gasteiger partial charge in [-0.05, 0) is 36.8 Å². The molecule has 1 aromatic rings. The van der Waals surface area contributed by atoms with Gasteiger partial charge in [-0.2, -0.15) is 0 Å². The van der Waals surface area contributed by atoms with Crippen LogP contribution in [0.5, 0.6) is 0 Å². The molecule has 1 N–H and O–H groups in total. The number of halogens is 1. The molecule has 106 valence electrons. The number of fused-ring (bicyclic) bond motifs is 1. The molecule has 0 aliphatic heterocycles. The van der Waals surface area contributed by atoms with Crippen molar-refractivity contribution < 1.29 is 9.53 Å². The van der Waals surface area contributed by atoms with Crippen LogP contribution >= 0.6 is 22.9 Å². The molecule has 0 spiro atoms. The van der Waals surface area contributed by atoms with E-state index in [9.17, 15) is 4.79 Å². The fourth-order valence-electron chi connectivity index (χ4n) is 2.59. The molecular weight excluding hydrogens is 282 g/mol. The van der Waals surface area contributed by atoms with Gasteiger partial charge in [0.05, 0.1) is 11.4 Å². The van der Waals surface area contributed by atoms with Crippen LogP contribution in [0.4, 0.5) is 0 Å². The summed E-state index contributed by atoms with van der Waals surface area (Å²) in [5.74, 6) is 0.270. The van der Waals surface area contributed by atoms with Gasteiger partial charge in [-0.3, -0.25) is 10.1 Å². The average Bonchev–Trinajstić information content (AvgIpc) is 2.87. The molecule has 0 saturated heterocycles. The molecule has 0 bridgehead atoms. The predicted molar refractivity (Wildman–Crippen MR) is 78.8 cm³/mol. The summed E-state index contributed by atoms with van der Waals surface area (Å²) in [6.45, 7) is 4.22. The molecule has 19 heavy (non-hydrogen) atoms. The van der Waals surface area contributed by atoms with Crippen LogP contribution in [0.2, 0.25) is 4.34 Å². The van der Waals surface area contributed by atoms with E-state index in [0.717, 1.165) is 23.6 Å². The predicted octanol–water partition coefficient (Wildman–Crippen LogP) is 3.57. The number of aryl methyl sites for hydroxylation is 1. The summed E-state index contributed by atoms with van der Waals surface area (Å²) in [6, 6.07) is 2.01. The van der Waals surface area contributed by atoms with E-state index in [1.165, 1.54) is 17.6 Å². The van der Waals surface area contributed by atoms with Crippen LogP contribution < -0.4 is 5.32 Å². The van der Waals surface area contributed by atoms with E-state index in [1.807, 2.05) is 6.07 Å². The molecule has 2 rings (SSSR count). The molecule has 1 heterocycles. The van der Waals surface area contributed by atoms with E-state index in [2.05, 4.69) is 19.2 Å². The van der Waals surface area contributed by atoms with Crippen molar-refractivity contribution in [3.05, 3.63) is 20.8 Å². The van der Waals surface area contributed by atoms with Crippen LogP contribution in [-0.2, 0) is 16.0 Å². The van der Waals surface area contributed by atoms with Gasteiger partial charge >= 0.3 is 5.97 Å². The Labute approximate surface area is 123 Å². The summed E-state index contributed by atoms with van der Waals surface area (Å²) in [6.07, 6.45) is 2.86. The number of esters is 1. The zero-order valence-corrected chi connectivity index (χ0v) is 13.1. The van der Waals surface area contributed by atoms with Crippen molar-refractivity contribution in [2.45, 2.75) is 45.2 Å². The van der Waals surface area contributed by atoms with Crippen LogP contribution in [0.25, 0.3) is 0 Å². The number of hydrogen-bond acceptors (Lipinski definition) is 4. The third kappa shape index (κ3) is 3.50. The minimum Gasteiger partial charge on any atom is -0.468 e. The minimum atomic E-state index is -0.236. The molecule has 2 unspecified atom stereocenters. The molecule has 1 aliphatic carbocycles. The summed E-state index contributed by atoms with van der Waals surface area (Å²) in [5, 5.41) is 3.44. The SMILES string of the molecule is COC(=O)C(CC(C)C)NC1CCc2sc(Cl)cc21. The van der Waals surface area contributed by atoms with Gasteiger partial charge in [0.15, 0.2) is 0 Å². The third-order valence-electron chi connectivity index (χ3n) is 3.44. The van der Waals surface area contributed by atoms with Crippen molar-refractivity contribution >= 4 is 28.9 Å². The van der Waals surface area contributed by atoms with Crippen molar-refractivity contribution in [3.63, 3.8) is 0 Å².